The lowest BCUT2D eigenvalue weighted by atomic mass is 10.0. The lowest BCUT2D eigenvalue weighted by Crippen LogP contribution is -2.15. The van der Waals surface area contributed by atoms with E-state index in [-0.39, 0.29) is 6.61 Å². The van der Waals surface area contributed by atoms with Gasteiger partial charge >= 0.3 is 0 Å². The number of aryl methyl sites for hydroxylation is 1. The zero-order valence-electron chi connectivity index (χ0n) is 9.84. The van der Waals surface area contributed by atoms with Crippen molar-refractivity contribution in [3.8, 4) is 11.5 Å². The molecule has 0 radical (unpaired) electrons. The molecule has 5 nitrogen and oxygen atoms in total. The Morgan fingerprint density at radius 2 is 2.18 bits per heavy atom. The molecule has 0 aliphatic rings. The number of nitrogens with zero attached hydrogens (tertiary/aromatic N) is 2. The number of aliphatic hydroxyl groups is 1. The highest BCUT2D eigenvalue weighted by Gasteiger charge is 2.15. The number of aromatic nitrogens is 2. The molecule has 0 saturated carbocycles. The summed E-state index contributed by atoms with van der Waals surface area (Å²) in [5.41, 5.74) is 8.77. The Bertz CT molecular complexity index is 522. The van der Waals surface area contributed by atoms with E-state index in [0.717, 1.165) is 16.7 Å². The molecule has 0 spiro atoms. The third kappa shape index (κ3) is 2.20. The molecular formula is C12H15N3O2. The van der Waals surface area contributed by atoms with Crippen LogP contribution in [-0.4, -0.2) is 21.9 Å². The first kappa shape index (κ1) is 11.8. The van der Waals surface area contributed by atoms with Crippen LogP contribution in [0.1, 0.15) is 23.0 Å². The van der Waals surface area contributed by atoms with Crippen molar-refractivity contribution >= 4 is 0 Å². The third-order valence-electron chi connectivity index (χ3n) is 2.81. The van der Waals surface area contributed by atoms with Gasteiger partial charge in [-0.25, -0.2) is 0 Å². The normalized spacial score (nSPS) is 12.7. The van der Waals surface area contributed by atoms with Gasteiger partial charge in [-0.2, -0.15) is 4.98 Å². The predicted octanol–water partition coefficient (Wildman–Crippen LogP) is 1.35. The van der Waals surface area contributed by atoms with Crippen LogP contribution in [0.4, 0.5) is 0 Å². The molecule has 0 bridgehead atoms. The molecule has 1 aromatic carbocycles. The third-order valence-corrected chi connectivity index (χ3v) is 2.81. The van der Waals surface area contributed by atoms with Gasteiger partial charge in [0.25, 0.3) is 5.89 Å². The van der Waals surface area contributed by atoms with E-state index < -0.39 is 6.04 Å². The molecule has 2 aromatic rings. The molecule has 3 N–H and O–H groups in total. The van der Waals surface area contributed by atoms with Gasteiger partial charge in [-0.15, -0.1) is 0 Å². The Hall–Kier alpha value is -1.72. The first-order chi connectivity index (χ1) is 8.13. The lowest BCUT2D eigenvalue weighted by Gasteiger charge is -2.03. The highest BCUT2D eigenvalue weighted by atomic mass is 16.5. The molecule has 0 fully saturated rings. The molecule has 5 heteroatoms. The molecule has 0 aliphatic carbocycles. The summed E-state index contributed by atoms with van der Waals surface area (Å²) >= 11 is 0. The lowest BCUT2D eigenvalue weighted by molar-refractivity contribution is 0.260. The minimum Gasteiger partial charge on any atom is -0.394 e. The molecule has 17 heavy (non-hydrogen) atoms. The smallest absolute Gasteiger partial charge is 0.258 e. The summed E-state index contributed by atoms with van der Waals surface area (Å²) in [5, 5.41) is 12.7. The molecule has 1 aromatic heterocycles. The predicted molar refractivity (Wildman–Crippen MR) is 63.2 cm³/mol. The minimum atomic E-state index is -0.599. The Labute approximate surface area is 99.3 Å². The van der Waals surface area contributed by atoms with E-state index in [0.29, 0.717) is 11.7 Å². The van der Waals surface area contributed by atoms with Gasteiger partial charge in [-0.05, 0) is 31.0 Å². The van der Waals surface area contributed by atoms with Gasteiger partial charge in [0.05, 0.1) is 12.6 Å². The van der Waals surface area contributed by atoms with Crippen molar-refractivity contribution in [1.82, 2.24) is 10.1 Å². The molecular weight excluding hydrogens is 218 g/mol. The van der Waals surface area contributed by atoms with Crippen molar-refractivity contribution in [2.45, 2.75) is 19.9 Å². The van der Waals surface area contributed by atoms with E-state index in [2.05, 4.69) is 10.1 Å². The first-order valence-electron chi connectivity index (χ1n) is 5.40. The van der Waals surface area contributed by atoms with Gasteiger partial charge in [0.15, 0.2) is 5.82 Å². The summed E-state index contributed by atoms with van der Waals surface area (Å²) in [6.45, 7) is 3.82. The quantitative estimate of drug-likeness (QED) is 0.835. The minimum absolute atomic E-state index is 0.203. The van der Waals surface area contributed by atoms with E-state index >= 15 is 0 Å². The zero-order valence-corrected chi connectivity index (χ0v) is 9.84. The molecule has 1 unspecified atom stereocenters. The van der Waals surface area contributed by atoms with E-state index in [1.165, 1.54) is 0 Å². The van der Waals surface area contributed by atoms with Crippen LogP contribution in [0.5, 0.6) is 0 Å². The number of rotatable bonds is 3. The van der Waals surface area contributed by atoms with E-state index in [9.17, 15) is 0 Å². The zero-order chi connectivity index (χ0) is 12.4. The Kier molecular flexibility index (Phi) is 3.21. The maximum absolute atomic E-state index is 8.92. The van der Waals surface area contributed by atoms with E-state index in [1.54, 1.807) is 0 Å². The highest BCUT2D eigenvalue weighted by molar-refractivity contribution is 5.60. The molecule has 2 rings (SSSR count). The topological polar surface area (TPSA) is 85.2 Å². The van der Waals surface area contributed by atoms with Crippen LogP contribution in [0.3, 0.4) is 0 Å². The van der Waals surface area contributed by atoms with Crippen LogP contribution in [0, 0.1) is 13.8 Å². The van der Waals surface area contributed by atoms with Gasteiger partial charge < -0.3 is 15.4 Å². The summed E-state index contributed by atoms with van der Waals surface area (Å²) in [6.07, 6.45) is 0. The number of aliphatic hydroxyl groups excluding tert-OH is 1. The van der Waals surface area contributed by atoms with Crippen LogP contribution in [0.2, 0.25) is 0 Å². The number of nitrogens with two attached hydrogens (primary N) is 1. The second-order valence-electron chi connectivity index (χ2n) is 3.99. The van der Waals surface area contributed by atoms with E-state index in [1.807, 2.05) is 32.0 Å². The van der Waals surface area contributed by atoms with Gasteiger partial charge in [-0.1, -0.05) is 17.3 Å². The standard InChI is InChI=1S/C12H15N3O2/c1-7-4-3-5-9(8(7)2)12-14-11(15-17-12)10(13)6-16/h3-5,10,16H,6,13H2,1-2H3. The number of hydrogen-bond acceptors (Lipinski definition) is 5. The second kappa shape index (κ2) is 4.65. The summed E-state index contributed by atoms with van der Waals surface area (Å²) in [4.78, 5) is 4.19. The largest absolute Gasteiger partial charge is 0.394 e. The summed E-state index contributed by atoms with van der Waals surface area (Å²) in [7, 11) is 0. The van der Waals surface area contributed by atoms with Crippen LogP contribution >= 0.6 is 0 Å². The molecule has 0 amide bonds. The maximum Gasteiger partial charge on any atom is 0.258 e. The number of hydrogen-bond donors (Lipinski definition) is 2. The average Bonchev–Trinajstić information content (AvgIpc) is 2.81. The molecule has 0 aliphatic heterocycles. The van der Waals surface area contributed by atoms with Crippen molar-refractivity contribution < 1.29 is 9.63 Å². The molecule has 0 saturated heterocycles. The van der Waals surface area contributed by atoms with Crippen molar-refractivity contribution in [2.24, 2.45) is 5.73 Å². The van der Waals surface area contributed by atoms with E-state index in [4.69, 9.17) is 15.4 Å². The van der Waals surface area contributed by atoms with Gasteiger partial charge in [0, 0.05) is 5.56 Å². The van der Waals surface area contributed by atoms with Crippen molar-refractivity contribution in [1.29, 1.82) is 0 Å². The van der Waals surface area contributed by atoms with Crippen molar-refractivity contribution in [2.75, 3.05) is 6.61 Å². The second-order valence-corrected chi connectivity index (χ2v) is 3.99. The van der Waals surface area contributed by atoms with Gasteiger partial charge in [0.2, 0.25) is 0 Å². The fourth-order valence-corrected chi connectivity index (χ4v) is 1.56. The summed E-state index contributed by atoms with van der Waals surface area (Å²) in [5.74, 6) is 0.758. The summed E-state index contributed by atoms with van der Waals surface area (Å²) < 4.78 is 5.16. The van der Waals surface area contributed by atoms with Crippen molar-refractivity contribution in [3.63, 3.8) is 0 Å². The Morgan fingerprint density at radius 1 is 1.41 bits per heavy atom. The molecule has 90 valence electrons. The Morgan fingerprint density at radius 3 is 2.88 bits per heavy atom. The molecule has 1 heterocycles. The fraction of sp³-hybridized carbons (Fsp3) is 0.333. The van der Waals surface area contributed by atoms with Crippen molar-refractivity contribution in [3.05, 3.63) is 35.2 Å². The SMILES string of the molecule is Cc1cccc(-c2nc(C(N)CO)no2)c1C. The summed E-state index contributed by atoms with van der Waals surface area (Å²) in [6, 6.07) is 5.28. The monoisotopic (exact) mass is 233 g/mol. The van der Waals surface area contributed by atoms with Crippen LogP contribution in [-0.2, 0) is 0 Å². The van der Waals surface area contributed by atoms with Crippen LogP contribution < -0.4 is 5.73 Å². The van der Waals surface area contributed by atoms with Crippen LogP contribution in [0.15, 0.2) is 22.7 Å². The average molecular weight is 233 g/mol. The highest BCUT2D eigenvalue weighted by Crippen LogP contribution is 2.24. The first-order valence-corrected chi connectivity index (χ1v) is 5.40. The fourth-order valence-electron chi connectivity index (χ4n) is 1.56. The van der Waals surface area contributed by atoms with Crippen LogP contribution in [0.25, 0.3) is 11.5 Å². The maximum atomic E-state index is 8.92. The van der Waals surface area contributed by atoms with Gasteiger partial charge in [0.1, 0.15) is 0 Å². The Balaban J connectivity index is 2.40. The van der Waals surface area contributed by atoms with Gasteiger partial charge in [-0.3, -0.25) is 0 Å². The molecule has 1 atom stereocenters. The number of benzene rings is 1.